The quantitative estimate of drug-likeness (QED) is 0.745. The first kappa shape index (κ1) is 17.0. The molecule has 1 atom stereocenters. The number of carbonyl (C=O) groups is 2. The molecule has 1 aromatic rings. The SMILES string of the molecule is C#CCNS(=O)(=O)c1ccc(C(=O)N2CCC(C(=O)O)C2)cc1. The molecule has 1 saturated heterocycles. The number of rotatable bonds is 5. The summed E-state index contributed by atoms with van der Waals surface area (Å²) in [4.78, 5) is 24.7. The van der Waals surface area contributed by atoms with Crippen LogP contribution < -0.4 is 4.72 Å². The standard InChI is InChI=1S/C15H16N2O5S/c1-2-8-16-23(21,22)13-5-3-11(4-6-13)14(18)17-9-7-12(10-17)15(19)20/h1,3-6,12,16H,7-10H2,(H,19,20). The summed E-state index contributed by atoms with van der Waals surface area (Å²) >= 11 is 0. The zero-order chi connectivity index (χ0) is 17.0. The summed E-state index contributed by atoms with van der Waals surface area (Å²) in [5.41, 5.74) is 0.312. The smallest absolute Gasteiger partial charge is 0.308 e. The topological polar surface area (TPSA) is 104 Å². The molecule has 0 bridgehead atoms. The van der Waals surface area contributed by atoms with Gasteiger partial charge in [0, 0.05) is 18.7 Å². The molecule has 8 heteroatoms. The molecule has 0 spiro atoms. The van der Waals surface area contributed by atoms with Crippen LogP contribution in [-0.2, 0) is 14.8 Å². The van der Waals surface area contributed by atoms with Crippen molar-refractivity contribution in [3.05, 3.63) is 29.8 Å². The Morgan fingerprint density at radius 1 is 1.35 bits per heavy atom. The molecule has 0 radical (unpaired) electrons. The molecule has 1 fully saturated rings. The van der Waals surface area contributed by atoms with Crippen LogP contribution in [0, 0.1) is 18.3 Å². The number of likely N-dealkylation sites (tertiary alicyclic amines) is 1. The van der Waals surface area contributed by atoms with E-state index in [4.69, 9.17) is 11.5 Å². The van der Waals surface area contributed by atoms with E-state index in [0.29, 0.717) is 18.5 Å². The zero-order valence-electron chi connectivity index (χ0n) is 12.2. The number of hydrogen-bond donors (Lipinski definition) is 2. The Hall–Kier alpha value is -2.37. The minimum Gasteiger partial charge on any atom is -0.481 e. The van der Waals surface area contributed by atoms with E-state index in [1.807, 2.05) is 0 Å². The van der Waals surface area contributed by atoms with E-state index in [9.17, 15) is 18.0 Å². The van der Waals surface area contributed by atoms with E-state index in [-0.39, 0.29) is 23.9 Å². The molecule has 23 heavy (non-hydrogen) atoms. The fraction of sp³-hybridized carbons (Fsp3) is 0.333. The van der Waals surface area contributed by atoms with E-state index in [1.54, 1.807) is 0 Å². The largest absolute Gasteiger partial charge is 0.481 e. The molecule has 1 heterocycles. The lowest BCUT2D eigenvalue weighted by molar-refractivity contribution is -0.141. The normalized spacial score (nSPS) is 17.7. The van der Waals surface area contributed by atoms with Gasteiger partial charge < -0.3 is 10.0 Å². The Labute approximate surface area is 134 Å². The van der Waals surface area contributed by atoms with Crippen molar-refractivity contribution in [1.29, 1.82) is 0 Å². The third-order valence-electron chi connectivity index (χ3n) is 3.60. The highest BCUT2D eigenvalue weighted by molar-refractivity contribution is 7.89. The monoisotopic (exact) mass is 336 g/mol. The molecule has 1 aliphatic heterocycles. The molecule has 2 rings (SSSR count). The summed E-state index contributed by atoms with van der Waals surface area (Å²) in [5, 5.41) is 8.95. The van der Waals surface area contributed by atoms with Crippen LogP contribution in [0.25, 0.3) is 0 Å². The van der Waals surface area contributed by atoms with Crippen LogP contribution in [0.2, 0.25) is 0 Å². The Bertz CT molecular complexity index is 749. The second kappa shape index (κ2) is 6.81. The van der Waals surface area contributed by atoms with Gasteiger partial charge >= 0.3 is 5.97 Å². The highest BCUT2D eigenvalue weighted by atomic mass is 32.2. The molecular weight excluding hydrogens is 320 g/mol. The van der Waals surface area contributed by atoms with Gasteiger partial charge in [-0.2, -0.15) is 4.72 Å². The van der Waals surface area contributed by atoms with E-state index in [0.717, 1.165) is 0 Å². The summed E-state index contributed by atoms with van der Waals surface area (Å²) in [6.45, 7) is 0.422. The van der Waals surface area contributed by atoms with Gasteiger partial charge in [-0.25, -0.2) is 8.42 Å². The third-order valence-corrected chi connectivity index (χ3v) is 5.02. The van der Waals surface area contributed by atoms with Crippen LogP contribution in [0.4, 0.5) is 0 Å². The number of aliphatic carboxylic acids is 1. The number of nitrogens with zero attached hydrogens (tertiary/aromatic N) is 1. The van der Waals surface area contributed by atoms with Crippen molar-refractivity contribution < 1.29 is 23.1 Å². The number of carboxylic acid groups (broad SMARTS) is 1. The van der Waals surface area contributed by atoms with Crippen LogP contribution in [0.5, 0.6) is 0 Å². The van der Waals surface area contributed by atoms with Crippen molar-refractivity contribution in [2.45, 2.75) is 11.3 Å². The van der Waals surface area contributed by atoms with E-state index >= 15 is 0 Å². The lowest BCUT2D eigenvalue weighted by atomic mass is 10.1. The Kier molecular flexibility index (Phi) is 5.03. The Morgan fingerprint density at radius 3 is 2.52 bits per heavy atom. The predicted octanol–water partition coefficient (Wildman–Crippen LogP) is 0.145. The highest BCUT2D eigenvalue weighted by Gasteiger charge is 2.31. The first-order chi connectivity index (χ1) is 10.8. The van der Waals surface area contributed by atoms with Crippen molar-refractivity contribution in [2.75, 3.05) is 19.6 Å². The van der Waals surface area contributed by atoms with Gasteiger partial charge in [0.2, 0.25) is 10.0 Å². The molecular formula is C15H16N2O5S. The van der Waals surface area contributed by atoms with Gasteiger partial charge in [0.05, 0.1) is 17.4 Å². The minimum atomic E-state index is -3.70. The number of terminal acetylenes is 1. The lowest BCUT2D eigenvalue weighted by Gasteiger charge is -2.16. The van der Waals surface area contributed by atoms with Gasteiger partial charge in [0.15, 0.2) is 0 Å². The molecule has 1 aromatic carbocycles. The maximum atomic E-state index is 12.3. The molecule has 7 nitrogen and oxygen atoms in total. The molecule has 1 unspecified atom stereocenters. The average Bonchev–Trinajstić information content (AvgIpc) is 3.02. The van der Waals surface area contributed by atoms with Crippen LogP contribution in [0.15, 0.2) is 29.2 Å². The van der Waals surface area contributed by atoms with Crippen molar-refractivity contribution in [1.82, 2.24) is 9.62 Å². The number of hydrogen-bond acceptors (Lipinski definition) is 4. The van der Waals surface area contributed by atoms with Crippen molar-refractivity contribution >= 4 is 21.9 Å². The number of carboxylic acids is 1. The maximum Gasteiger partial charge on any atom is 0.308 e. The fourth-order valence-electron chi connectivity index (χ4n) is 2.33. The number of sulfonamides is 1. The maximum absolute atomic E-state index is 12.3. The van der Waals surface area contributed by atoms with Gasteiger partial charge in [-0.3, -0.25) is 9.59 Å². The summed E-state index contributed by atoms with van der Waals surface area (Å²) in [7, 11) is -3.70. The van der Waals surface area contributed by atoms with E-state index < -0.39 is 21.9 Å². The summed E-state index contributed by atoms with van der Waals surface area (Å²) in [6, 6.07) is 5.44. The summed E-state index contributed by atoms with van der Waals surface area (Å²) in [6.07, 6.45) is 5.43. The van der Waals surface area contributed by atoms with Gasteiger partial charge in [-0.05, 0) is 30.7 Å². The number of carbonyl (C=O) groups excluding carboxylic acids is 1. The second-order valence-corrected chi connectivity index (χ2v) is 6.90. The predicted molar refractivity (Wildman–Crippen MR) is 82.1 cm³/mol. The molecule has 0 saturated carbocycles. The Balaban J connectivity index is 2.10. The minimum absolute atomic E-state index is 0.00846. The van der Waals surface area contributed by atoms with Crippen LogP contribution in [0.3, 0.4) is 0 Å². The summed E-state index contributed by atoms with van der Waals surface area (Å²) < 4.78 is 26.0. The van der Waals surface area contributed by atoms with Crippen LogP contribution >= 0.6 is 0 Å². The third kappa shape index (κ3) is 3.88. The zero-order valence-corrected chi connectivity index (χ0v) is 13.0. The van der Waals surface area contributed by atoms with Crippen molar-refractivity contribution in [3.8, 4) is 12.3 Å². The molecule has 122 valence electrons. The van der Waals surface area contributed by atoms with Crippen molar-refractivity contribution in [3.63, 3.8) is 0 Å². The van der Waals surface area contributed by atoms with Gasteiger partial charge in [-0.1, -0.05) is 5.92 Å². The number of benzene rings is 1. The van der Waals surface area contributed by atoms with Gasteiger partial charge in [0.1, 0.15) is 0 Å². The molecule has 2 N–H and O–H groups in total. The van der Waals surface area contributed by atoms with Crippen molar-refractivity contribution in [2.24, 2.45) is 5.92 Å². The lowest BCUT2D eigenvalue weighted by Crippen LogP contribution is -2.30. The first-order valence-electron chi connectivity index (χ1n) is 6.90. The van der Waals surface area contributed by atoms with E-state index in [1.165, 1.54) is 29.2 Å². The summed E-state index contributed by atoms with van der Waals surface area (Å²) in [5.74, 6) is 0.399. The highest BCUT2D eigenvalue weighted by Crippen LogP contribution is 2.19. The van der Waals surface area contributed by atoms with E-state index in [2.05, 4.69) is 10.6 Å². The molecule has 0 aromatic heterocycles. The Morgan fingerprint density at radius 2 is 2.00 bits per heavy atom. The molecule has 1 amide bonds. The van der Waals surface area contributed by atoms with Gasteiger partial charge in [-0.15, -0.1) is 6.42 Å². The molecule has 0 aliphatic carbocycles. The average molecular weight is 336 g/mol. The number of amides is 1. The van der Waals surface area contributed by atoms with Crippen LogP contribution in [0.1, 0.15) is 16.8 Å². The number of nitrogens with one attached hydrogen (secondary N) is 1. The van der Waals surface area contributed by atoms with Crippen LogP contribution in [-0.4, -0.2) is 49.9 Å². The fourth-order valence-corrected chi connectivity index (χ4v) is 3.26. The van der Waals surface area contributed by atoms with Gasteiger partial charge in [0.25, 0.3) is 5.91 Å². The second-order valence-electron chi connectivity index (χ2n) is 5.13. The first-order valence-corrected chi connectivity index (χ1v) is 8.38. The molecule has 1 aliphatic rings.